The fourth-order valence-corrected chi connectivity index (χ4v) is 3.32. The molecule has 0 unspecified atom stereocenters. The van der Waals surface area contributed by atoms with Gasteiger partial charge in [-0.25, -0.2) is 22.0 Å². The Morgan fingerprint density at radius 3 is 1.71 bits per heavy atom. The first-order valence-electron chi connectivity index (χ1n) is 9.37. The van der Waals surface area contributed by atoms with E-state index in [1.54, 1.807) is 6.07 Å². The highest BCUT2D eigenvalue weighted by atomic mass is 19.4. The van der Waals surface area contributed by atoms with Gasteiger partial charge in [0, 0.05) is 5.56 Å². The summed E-state index contributed by atoms with van der Waals surface area (Å²) in [4.78, 5) is 0. The monoisotopic (exact) mass is 444 g/mol. The molecule has 31 heavy (non-hydrogen) atoms. The summed E-state index contributed by atoms with van der Waals surface area (Å²) in [6, 6.07) is 6.18. The van der Waals surface area contributed by atoms with Crippen LogP contribution in [0.4, 0.5) is 35.1 Å². The van der Waals surface area contributed by atoms with Gasteiger partial charge in [-0.15, -0.1) is 0 Å². The molecule has 0 radical (unpaired) electrons. The van der Waals surface area contributed by atoms with E-state index in [9.17, 15) is 35.1 Å². The maximum absolute atomic E-state index is 14.6. The van der Waals surface area contributed by atoms with Gasteiger partial charge >= 0.3 is 6.18 Å². The summed E-state index contributed by atoms with van der Waals surface area (Å²) in [5, 5.41) is 0. The first-order chi connectivity index (χ1) is 14.5. The SMILES string of the molecule is CCCCc1ccc(-c2cc(F)c(-c3cc(F)c(C(F)(F)F)c(F)c3)c(F)c2)c(F)c1. The van der Waals surface area contributed by atoms with Crippen LogP contribution in [0, 0.1) is 29.1 Å². The van der Waals surface area contributed by atoms with Crippen molar-refractivity contribution in [1.82, 2.24) is 0 Å². The van der Waals surface area contributed by atoms with Gasteiger partial charge in [-0.05, 0) is 59.9 Å². The Balaban J connectivity index is 2.04. The molecule has 0 fully saturated rings. The molecule has 164 valence electrons. The van der Waals surface area contributed by atoms with Crippen LogP contribution in [-0.4, -0.2) is 0 Å². The molecule has 0 atom stereocenters. The third kappa shape index (κ3) is 4.73. The normalized spacial score (nSPS) is 11.8. The van der Waals surface area contributed by atoms with Crippen molar-refractivity contribution in [2.24, 2.45) is 0 Å². The van der Waals surface area contributed by atoms with E-state index in [1.165, 1.54) is 12.1 Å². The van der Waals surface area contributed by atoms with E-state index in [0.29, 0.717) is 6.42 Å². The predicted octanol–water partition coefficient (Wildman–Crippen LogP) is 8.08. The van der Waals surface area contributed by atoms with Gasteiger partial charge in [-0.2, -0.15) is 13.2 Å². The highest BCUT2D eigenvalue weighted by Crippen LogP contribution is 2.38. The maximum atomic E-state index is 14.6. The lowest BCUT2D eigenvalue weighted by Crippen LogP contribution is -2.11. The highest BCUT2D eigenvalue weighted by molar-refractivity contribution is 5.72. The third-order valence-corrected chi connectivity index (χ3v) is 4.82. The molecule has 0 spiro atoms. The molecule has 3 aromatic carbocycles. The van der Waals surface area contributed by atoms with Gasteiger partial charge in [0.05, 0.1) is 5.56 Å². The number of unbranched alkanes of at least 4 members (excludes halogenated alkanes) is 1. The van der Waals surface area contributed by atoms with Gasteiger partial charge in [-0.3, -0.25) is 0 Å². The molecule has 0 heterocycles. The predicted molar refractivity (Wildman–Crippen MR) is 101 cm³/mol. The molecule has 0 amide bonds. The number of rotatable bonds is 5. The molecular weight excluding hydrogens is 428 g/mol. The molecule has 3 aromatic rings. The van der Waals surface area contributed by atoms with E-state index in [1.807, 2.05) is 6.92 Å². The maximum Gasteiger partial charge on any atom is 0.422 e. The van der Waals surface area contributed by atoms with Crippen molar-refractivity contribution in [2.45, 2.75) is 32.4 Å². The zero-order valence-electron chi connectivity index (χ0n) is 16.2. The van der Waals surface area contributed by atoms with Crippen LogP contribution < -0.4 is 0 Å². The standard InChI is InChI=1S/C23H16F8/c1-2-3-4-12-5-6-15(16(24)7-12)13-8-17(25)21(18(26)9-13)14-10-19(27)22(20(28)11-14)23(29,30)31/h5-11H,2-4H2,1H3. The number of hydrogen-bond acceptors (Lipinski definition) is 0. The molecule has 0 aliphatic carbocycles. The van der Waals surface area contributed by atoms with Crippen LogP contribution in [0.5, 0.6) is 0 Å². The van der Waals surface area contributed by atoms with E-state index >= 15 is 0 Å². The molecule has 0 nitrogen and oxygen atoms in total. The molecule has 3 rings (SSSR count). The fourth-order valence-electron chi connectivity index (χ4n) is 3.32. The smallest absolute Gasteiger partial charge is 0.206 e. The van der Waals surface area contributed by atoms with E-state index in [0.717, 1.165) is 30.5 Å². The Hall–Kier alpha value is -2.90. The van der Waals surface area contributed by atoms with Gasteiger partial charge in [0.15, 0.2) is 0 Å². The Morgan fingerprint density at radius 1 is 0.677 bits per heavy atom. The second-order valence-electron chi connectivity index (χ2n) is 7.05. The quantitative estimate of drug-likeness (QED) is 0.349. The van der Waals surface area contributed by atoms with E-state index in [-0.39, 0.29) is 23.3 Å². The summed E-state index contributed by atoms with van der Waals surface area (Å²) in [6.07, 6.45) is -2.92. The van der Waals surface area contributed by atoms with Crippen molar-refractivity contribution in [3.05, 3.63) is 82.7 Å². The zero-order chi connectivity index (χ0) is 22.9. The van der Waals surface area contributed by atoms with Crippen LogP contribution in [0.25, 0.3) is 22.3 Å². The Morgan fingerprint density at radius 2 is 1.23 bits per heavy atom. The van der Waals surface area contributed by atoms with E-state index in [4.69, 9.17) is 0 Å². The van der Waals surface area contributed by atoms with Gasteiger partial charge in [-0.1, -0.05) is 25.5 Å². The van der Waals surface area contributed by atoms with Gasteiger partial charge in [0.1, 0.15) is 34.6 Å². The average Bonchev–Trinajstić information content (AvgIpc) is 2.64. The molecule has 0 aromatic heterocycles. The summed E-state index contributed by atoms with van der Waals surface area (Å²) in [7, 11) is 0. The van der Waals surface area contributed by atoms with Crippen molar-refractivity contribution >= 4 is 0 Å². The average molecular weight is 444 g/mol. The van der Waals surface area contributed by atoms with Crippen molar-refractivity contribution in [2.75, 3.05) is 0 Å². The summed E-state index contributed by atoms with van der Waals surface area (Å²) in [6.45, 7) is 1.98. The fraction of sp³-hybridized carbons (Fsp3) is 0.217. The van der Waals surface area contributed by atoms with Crippen molar-refractivity contribution in [3.8, 4) is 22.3 Å². The first kappa shape index (κ1) is 22.8. The highest BCUT2D eigenvalue weighted by Gasteiger charge is 2.38. The van der Waals surface area contributed by atoms with Crippen LogP contribution >= 0.6 is 0 Å². The minimum atomic E-state index is -5.31. The molecule has 8 heteroatoms. The molecular formula is C23H16F8. The second-order valence-corrected chi connectivity index (χ2v) is 7.05. The van der Waals surface area contributed by atoms with E-state index in [2.05, 4.69) is 0 Å². The number of aryl methyl sites for hydroxylation is 1. The minimum Gasteiger partial charge on any atom is -0.206 e. The largest absolute Gasteiger partial charge is 0.422 e. The second kappa shape index (κ2) is 8.69. The van der Waals surface area contributed by atoms with Crippen molar-refractivity contribution < 1.29 is 35.1 Å². The summed E-state index contributed by atoms with van der Waals surface area (Å²) in [5.41, 5.74) is -3.36. The van der Waals surface area contributed by atoms with Crippen LogP contribution in [0.2, 0.25) is 0 Å². The lowest BCUT2D eigenvalue weighted by molar-refractivity contribution is -0.142. The molecule has 0 aliphatic heterocycles. The number of hydrogen-bond donors (Lipinski definition) is 0. The Kier molecular flexibility index (Phi) is 6.38. The Bertz CT molecular complexity index is 1070. The number of alkyl halides is 3. The molecule has 0 N–H and O–H groups in total. The molecule has 0 aliphatic rings. The lowest BCUT2D eigenvalue weighted by Gasteiger charge is -2.13. The minimum absolute atomic E-state index is 0.0885. The summed E-state index contributed by atoms with van der Waals surface area (Å²) < 4.78 is 110. The van der Waals surface area contributed by atoms with Crippen LogP contribution in [0.15, 0.2) is 42.5 Å². The molecule has 0 bridgehead atoms. The Labute approximate surface area is 173 Å². The molecule has 0 saturated carbocycles. The molecule has 0 saturated heterocycles. The van der Waals surface area contributed by atoms with Gasteiger partial charge in [0.2, 0.25) is 0 Å². The van der Waals surface area contributed by atoms with E-state index < -0.39 is 52.0 Å². The summed E-state index contributed by atoms with van der Waals surface area (Å²) in [5.74, 6) is -7.31. The number of benzene rings is 3. The third-order valence-electron chi connectivity index (χ3n) is 4.82. The van der Waals surface area contributed by atoms with Gasteiger partial charge < -0.3 is 0 Å². The van der Waals surface area contributed by atoms with Crippen LogP contribution in [-0.2, 0) is 12.6 Å². The number of halogens is 8. The van der Waals surface area contributed by atoms with Crippen molar-refractivity contribution in [1.29, 1.82) is 0 Å². The van der Waals surface area contributed by atoms with Crippen molar-refractivity contribution in [3.63, 3.8) is 0 Å². The first-order valence-corrected chi connectivity index (χ1v) is 9.37. The zero-order valence-corrected chi connectivity index (χ0v) is 16.2. The van der Waals surface area contributed by atoms with Gasteiger partial charge in [0.25, 0.3) is 0 Å². The lowest BCUT2D eigenvalue weighted by atomic mass is 9.96. The van der Waals surface area contributed by atoms with Crippen LogP contribution in [0.3, 0.4) is 0 Å². The van der Waals surface area contributed by atoms with Crippen LogP contribution in [0.1, 0.15) is 30.9 Å². The topological polar surface area (TPSA) is 0 Å². The summed E-state index contributed by atoms with van der Waals surface area (Å²) >= 11 is 0.